The van der Waals surface area contributed by atoms with Crippen LogP contribution >= 0.6 is 15.9 Å². The highest BCUT2D eigenvalue weighted by Crippen LogP contribution is 2.20. The van der Waals surface area contributed by atoms with Gasteiger partial charge in [0.05, 0.1) is 4.47 Å². The van der Waals surface area contributed by atoms with E-state index >= 15 is 0 Å². The molecule has 1 saturated heterocycles. The van der Waals surface area contributed by atoms with Crippen LogP contribution in [0.3, 0.4) is 0 Å². The van der Waals surface area contributed by atoms with E-state index in [2.05, 4.69) is 25.9 Å². The number of halogens is 1. The molecule has 0 bridgehead atoms. The highest BCUT2D eigenvalue weighted by atomic mass is 79.9. The maximum absolute atomic E-state index is 11.8. The van der Waals surface area contributed by atoms with Crippen LogP contribution in [-0.2, 0) is 4.74 Å². The van der Waals surface area contributed by atoms with Crippen LogP contribution in [0.15, 0.2) is 16.9 Å². The lowest BCUT2D eigenvalue weighted by Gasteiger charge is -2.21. The van der Waals surface area contributed by atoms with Gasteiger partial charge in [0.2, 0.25) is 0 Å². The first kappa shape index (κ1) is 12.6. The molecule has 0 unspecified atom stereocenters. The predicted molar refractivity (Wildman–Crippen MR) is 66.8 cm³/mol. The van der Waals surface area contributed by atoms with Gasteiger partial charge >= 0.3 is 0 Å². The summed E-state index contributed by atoms with van der Waals surface area (Å²) in [5.74, 6) is 0.965. The third-order valence-electron chi connectivity index (χ3n) is 2.99. The molecular weight excluding hydrogens is 284 g/mol. The van der Waals surface area contributed by atoms with Crippen molar-refractivity contribution in [2.75, 3.05) is 13.2 Å². The molecule has 0 saturated carbocycles. The number of hydrogen-bond donors (Lipinski definition) is 0. The highest BCUT2D eigenvalue weighted by molar-refractivity contribution is 9.10. The molecule has 0 aromatic carbocycles. The van der Waals surface area contributed by atoms with E-state index in [1.54, 1.807) is 12.4 Å². The summed E-state index contributed by atoms with van der Waals surface area (Å²) >= 11 is 3.25. The van der Waals surface area contributed by atoms with E-state index in [9.17, 15) is 4.79 Å². The minimum Gasteiger partial charge on any atom is -0.381 e. The first-order valence-electron chi connectivity index (χ1n) is 5.84. The van der Waals surface area contributed by atoms with E-state index in [-0.39, 0.29) is 5.78 Å². The Morgan fingerprint density at radius 1 is 1.35 bits per heavy atom. The summed E-state index contributed by atoms with van der Waals surface area (Å²) in [7, 11) is 0. The average molecular weight is 299 g/mol. The van der Waals surface area contributed by atoms with Gasteiger partial charge in [0.15, 0.2) is 11.6 Å². The van der Waals surface area contributed by atoms with Gasteiger partial charge in [-0.1, -0.05) is 0 Å². The lowest BCUT2D eigenvalue weighted by Crippen LogP contribution is -2.17. The second-order valence-electron chi connectivity index (χ2n) is 4.24. The van der Waals surface area contributed by atoms with Gasteiger partial charge in [-0.05, 0) is 41.1 Å². The highest BCUT2D eigenvalue weighted by Gasteiger charge is 2.16. The van der Waals surface area contributed by atoms with Crippen molar-refractivity contribution in [1.82, 2.24) is 9.97 Å². The minimum atomic E-state index is 0.0315. The number of rotatable bonds is 4. The predicted octanol–water partition coefficient (Wildman–Crippen LogP) is 2.63. The van der Waals surface area contributed by atoms with Gasteiger partial charge in [-0.2, -0.15) is 0 Å². The molecule has 0 atom stereocenters. The normalized spacial score (nSPS) is 17.0. The van der Waals surface area contributed by atoms with Gasteiger partial charge in [-0.25, -0.2) is 9.97 Å². The van der Waals surface area contributed by atoms with Crippen molar-refractivity contribution in [1.29, 1.82) is 0 Å². The van der Waals surface area contributed by atoms with Crippen molar-refractivity contribution in [3.8, 4) is 0 Å². The lowest BCUT2D eigenvalue weighted by atomic mass is 9.94. The number of ketones is 1. The number of hydrogen-bond acceptors (Lipinski definition) is 4. The zero-order valence-electron chi connectivity index (χ0n) is 9.56. The molecule has 4 nitrogen and oxygen atoms in total. The van der Waals surface area contributed by atoms with Gasteiger partial charge in [0, 0.05) is 32.0 Å². The van der Waals surface area contributed by atoms with Crippen LogP contribution in [0.5, 0.6) is 0 Å². The molecule has 1 aromatic heterocycles. The molecule has 0 aliphatic carbocycles. The van der Waals surface area contributed by atoms with Crippen molar-refractivity contribution in [3.63, 3.8) is 0 Å². The molecule has 1 fully saturated rings. The zero-order valence-corrected chi connectivity index (χ0v) is 11.1. The molecule has 0 N–H and O–H groups in total. The third-order valence-corrected chi connectivity index (χ3v) is 3.40. The van der Waals surface area contributed by atoms with Gasteiger partial charge in [-0.3, -0.25) is 4.79 Å². The summed E-state index contributed by atoms with van der Waals surface area (Å²) in [5, 5.41) is 0. The smallest absolute Gasteiger partial charge is 0.200 e. The number of aromatic nitrogens is 2. The first-order chi connectivity index (χ1) is 8.25. The lowest BCUT2D eigenvalue weighted by molar-refractivity contribution is 0.0618. The number of Topliss-reactive ketones (excluding diaryl/α,β-unsaturated/α-hetero) is 1. The average Bonchev–Trinajstić information content (AvgIpc) is 2.38. The number of ether oxygens (including phenoxy) is 1. The van der Waals surface area contributed by atoms with E-state index in [0.717, 1.165) is 36.9 Å². The summed E-state index contributed by atoms with van der Waals surface area (Å²) in [4.78, 5) is 19.8. The summed E-state index contributed by atoms with van der Waals surface area (Å²) in [6, 6.07) is 0. The topological polar surface area (TPSA) is 52.1 Å². The second-order valence-corrected chi connectivity index (χ2v) is 5.16. The Kier molecular flexibility index (Phi) is 4.62. The Labute approximate surface area is 109 Å². The molecule has 5 heteroatoms. The Morgan fingerprint density at radius 3 is 2.65 bits per heavy atom. The Morgan fingerprint density at radius 2 is 2.00 bits per heavy atom. The molecule has 1 aromatic rings. The Balaban J connectivity index is 1.82. The number of carbonyl (C=O) groups excluding carboxylic acids is 1. The van der Waals surface area contributed by atoms with E-state index in [1.165, 1.54) is 0 Å². The van der Waals surface area contributed by atoms with Gasteiger partial charge in [0.1, 0.15) is 0 Å². The maximum Gasteiger partial charge on any atom is 0.200 e. The van der Waals surface area contributed by atoms with E-state index in [4.69, 9.17) is 4.74 Å². The third kappa shape index (κ3) is 3.85. The van der Waals surface area contributed by atoms with E-state index < -0.39 is 0 Å². The van der Waals surface area contributed by atoms with Crippen LogP contribution < -0.4 is 0 Å². The molecule has 0 spiro atoms. The molecule has 17 heavy (non-hydrogen) atoms. The van der Waals surface area contributed by atoms with Crippen LogP contribution in [0.1, 0.15) is 36.3 Å². The van der Waals surface area contributed by atoms with Crippen LogP contribution in [0.4, 0.5) is 0 Å². The molecule has 1 aliphatic heterocycles. The molecule has 0 amide bonds. The van der Waals surface area contributed by atoms with Crippen molar-refractivity contribution < 1.29 is 9.53 Å². The fourth-order valence-electron chi connectivity index (χ4n) is 1.94. The SMILES string of the molecule is O=C(CCC1CCOCC1)c1ncc(Br)cn1. The van der Waals surface area contributed by atoms with Crippen LogP contribution in [-0.4, -0.2) is 29.0 Å². The molecule has 1 aliphatic rings. The summed E-state index contributed by atoms with van der Waals surface area (Å²) < 4.78 is 6.08. The van der Waals surface area contributed by atoms with Gasteiger partial charge in [0.25, 0.3) is 0 Å². The molecular formula is C12H15BrN2O2. The Bertz CT molecular complexity index is 375. The van der Waals surface area contributed by atoms with E-state index in [0.29, 0.717) is 18.2 Å². The van der Waals surface area contributed by atoms with Crippen LogP contribution in [0, 0.1) is 5.92 Å². The van der Waals surface area contributed by atoms with Crippen LogP contribution in [0.25, 0.3) is 0 Å². The molecule has 2 rings (SSSR count). The number of carbonyl (C=O) groups is 1. The Hall–Kier alpha value is -0.810. The van der Waals surface area contributed by atoms with Crippen molar-refractivity contribution in [2.45, 2.75) is 25.7 Å². The summed E-state index contributed by atoms with van der Waals surface area (Å²) in [6.07, 6.45) is 6.79. The minimum absolute atomic E-state index is 0.0315. The number of nitrogens with zero attached hydrogens (tertiary/aromatic N) is 2. The zero-order chi connectivity index (χ0) is 12.1. The van der Waals surface area contributed by atoms with Crippen molar-refractivity contribution >= 4 is 21.7 Å². The fourth-order valence-corrected chi connectivity index (χ4v) is 2.14. The molecule has 0 radical (unpaired) electrons. The largest absolute Gasteiger partial charge is 0.381 e. The van der Waals surface area contributed by atoms with E-state index in [1.807, 2.05) is 0 Å². The van der Waals surface area contributed by atoms with Crippen LogP contribution in [0.2, 0.25) is 0 Å². The monoisotopic (exact) mass is 298 g/mol. The molecule has 92 valence electrons. The maximum atomic E-state index is 11.8. The van der Waals surface area contributed by atoms with Gasteiger partial charge < -0.3 is 4.74 Å². The standard InChI is InChI=1S/C12H15BrN2O2/c13-10-7-14-12(15-8-10)11(16)2-1-9-3-5-17-6-4-9/h7-9H,1-6H2. The van der Waals surface area contributed by atoms with Gasteiger partial charge in [-0.15, -0.1) is 0 Å². The second kappa shape index (κ2) is 6.21. The van der Waals surface area contributed by atoms with Crippen molar-refractivity contribution in [2.24, 2.45) is 5.92 Å². The van der Waals surface area contributed by atoms with Crippen molar-refractivity contribution in [3.05, 3.63) is 22.7 Å². The summed E-state index contributed by atoms with van der Waals surface area (Å²) in [5.41, 5.74) is 0. The molecule has 2 heterocycles. The fraction of sp³-hybridized carbons (Fsp3) is 0.583. The first-order valence-corrected chi connectivity index (χ1v) is 6.63. The quantitative estimate of drug-likeness (QED) is 0.802. The summed E-state index contributed by atoms with van der Waals surface area (Å²) in [6.45, 7) is 1.65.